The molecule has 1 aliphatic heterocycles. The SMILES string of the molecule is CCOc1ccccc1OC1CNNC1c1ccc(OCc2ccc(F)cc2)cc1O. The first-order chi connectivity index (χ1) is 15.1. The highest BCUT2D eigenvalue weighted by atomic mass is 19.1. The fourth-order valence-corrected chi connectivity index (χ4v) is 3.48. The molecule has 4 rings (SSSR count). The molecule has 0 spiro atoms. The van der Waals surface area contributed by atoms with Crippen LogP contribution in [0.4, 0.5) is 4.39 Å². The first kappa shape index (κ1) is 21.0. The van der Waals surface area contributed by atoms with E-state index in [2.05, 4.69) is 10.9 Å². The second-order valence-corrected chi connectivity index (χ2v) is 7.17. The Labute approximate surface area is 180 Å². The fraction of sp³-hybridized carbons (Fsp3) is 0.250. The average molecular weight is 424 g/mol. The number of hydrogen-bond donors (Lipinski definition) is 3. The van der Waals surface area contributed by atoms with E-state index in [1.165, 1.54) is 12.1 Å². The van der Waals surface area contributed by atoms with Crippen molar-refractivity contribution in [3.8, 4) is 23.0 Å². The average Bonchev–Trinajstić information content (AvgIpc) is 3.23. The minimum atomic E-state index is -0.288. The lowest BCUT2D eigenvalue weighted by atomic mass is 10.0. The van der Waals surface area contributed by atoms with Crippen LogP contribution < -0.4 is 25.1 Å². The Morgan fingerprint density at radius 2 is 1.77 bits per heavy atom. The van der Waals surface area contributed by atoms with Gasteiger partial charge in [-0.15, -0.1) is 0 Å². The predicted octanol–water partition coefficient (Wildman–Crippen LogP) is 4.11. The molecule has 31 heavy (non-hydrogen) atoms. The summed E-state index contributed by atoms with van der Waals surface area (Å²) in [4.78, 5) is 0. The van der Waals surface area contributed by atoms with Gasteiger partial charge in [-0.3, -0.25) is 5.43 Å². The number of para-hydroxylation sites is 2. The third-order valence-corrected chi connectivity index (χ3v) is 5.02. The summed E-state index contributed by atoms with van der Waals surface area (Å²) >= 11 is 0. The molecule has 3 N–H and O–H groups in total. The molecule has 0 bridgehead atoms. The Morgan fingerprint density at radius 1 is 1.00 bits per heavy atom. The van der Waals surface area contributed by atoms with Crippen molar-refractivity contribution in [3.05, 3.63) is 83.7 Å². The largest absolute Gasteiger partial charge is 0.507 e. The number of phenols is 1. The summed E-state index contributed by atoms with van der Waals surface area (Å²) in [6.45, 7) is 3.32. The summed E-state index contributed by atoms with van der Waals surface area (Å²) < 4.78 is 30.6. The van der Waals surface area contributed by atoms with E-state index >= 15 is 0 Å². The van der Waals surface area contributed by atoms with Gasteiger partial charge < -0.3 is 19.3 Å². The summed E-state index contributed by atoms with van der Waals surface area (Å²) in [6.07, 6.45) is -0.251. The van der Waals surface area contributed by atoms with Gasteiger partial charge in [0.2, 0.25) is 0 Å². The van der Waals surface area contributed by atoms with Crippen LogP contribution in [-0.2, 0) is 6.61 Å². The van der Waals surface area contributed by atoms with E-state index in [0.717, 1.165) is 5.56 Å². The molecular formula is C24H25FN2O4. The third kappa shape index (κ3) is 5.07. The number of ether oxygens (including phenoxy) is 3. The van der Waals surface area contributed by atoms with Crippen LogP contribution in [-0.4, -0.2) is 24.4 Å². The molecular weight excluding hydrogens is 399 g/mol. The Kier molecular flexibility index (Phi) is 6.54. The van der Waals surface area contributed by atoms with Crippen LogP contribution in [0, 0.1) is 5.82 Å². The zero-order valence-electron chi connectivity index (χ0n) is 17.2. The summed E-state index contributed by atoms with van der Waals surface area (Å²) in [7, 11) is 0. The number of rotatable bonds is 8. The maximum atomic E-state index is 13.0. The van der Waals surface area contributed by atoms with E-state index < -0.39 is 0 Å². The van der Waals surface area contributed by atoms with Crippen molar-refractivity contribution in [1.82, 2.24) is 10.9 Å². The topological polar surface area (TPSA) is 72.0 Å². The molecule has 1 aliphatic rings. The van der Waals surface area contributed by atoms with Crippen molar-refractivity contribution in [2.24, 2.45) is 0 Å². The number of phenolic OH excluding ortho intramolecular Hbond substituents is 1. The molecule has 162 valence electrons. The first-order valence-electron chi connectivity index (χ1n) is 10.2. The molecule has 0 aliphatic carbocycles. The van der Waals surface area contributed by atoms with Crippen LogP contribution in [0.3, 0.4) is 0 Å². The Bertz CT molecular complexity index is 1010. The fourth-order valence-electron chi connectivity index (χ4n) is 3.48. The smallest absolute Gasteiger partial charge is 0.161 e. The van der Waals surface area contributed by atoms with Crippen molar-refractivity contribution in [1.29, 1.82) is 0 Å². The van der Waals surface area contributed by atoms with E-state index in [0.29, 0.717) is 36.0 Å². The molecule has 0 radical (unpaired) electrons. The second kappa shape index (κ2) is 9.68. The second-order valence-electron chi connectivity index (χ2n) is 7.17. The lowest BCUT2D eigenvalue weighted by molar-refractivity contribution is 0.184. The van der Waals surface area contributed by atoms with Crippen molar-refractivity contribution >= 4 is 0 Å². The lowest BCUT2D eigenvalue weighted by Gasteiger charge is -2.22. The Morgan fingerprint density at radius 3 is 2.52 bits per heavy atom. The number of hydrogen-bond acceptors (Lipinski definition) is 6. The molecule has 2 atom stereocenters. The van der Waals surface area contributed by atoms with E-state index in [4.69, 9.17) is 14.2 Å². The molecule has 1 fully saturated rings. The maximum Gasteiger partial charge on any atom is 0.161 e. The Hall–Kier alpha value is -3.29. The van der Waals surface area contributed by atoms with Gasteiger partial charge in [0.1, 0.15) is 30.0 Å². The van der Waals surface area contributed by atoms with Crippen molar-refractivity contribution in [2.75, 3.05) is 13.2 Å². The lowest BCUT2D eigenvalue weighted by Crippen LogP contribution is -2.28. The number of benzene rings is 3. The maximum absolute atomic E-state index is 13.0. The molecule has 2 unspecified atom stereocenters. The van der Waals surface area contributed by atoms with Gasteiger partial charge in [-0.25, -0.2) is 9.82 Å². The molecule has 0 saturated carbocycles. The van der Waals surface area contributed by atoms with Gasteiger partial charge in [0.25, 0.3) is 0 Å². The predicted molar refractivity (Wildman–Crippen MR) is 115 cm³/mol. The van der Waals surface area contributed by atoms with Crippen LogP contribution >= 0.6 is 0 Å². The molecule has 7 heteroatoms. The molecule has 0 amide bonds. The monoisotopic (exact) mass is 424 g/mol. The zero-order chi connectivity index (χ0) is 21.6. The number of nitrogens with one attached hydrogen (secondary N) is 2. The van der Waals surface area contributed by atoms with Crippen LogP contribution in [0.2, 0.25) is 0 Å². The highest BCUT2D eigenvalue weighted by Crippen LogP contribution is 2.35. The van der Waals surface area contributed by atoms with Crippen molar-refractivity contribution in [3.63, 3.8) is 0 Å². The zero-order valence-corrected chi connectivity index (χ0v) is 17.2. The highest BCUT2D eigenvalue weighted by Gasteiger charge is 2.32. The first-order valence-corrected chi connectivity index (χ1v) is 10.2. The summed E-state index contributed by atoms with van der Waals surface area (Å²) in [5.41, 5.74) is 7.80. The van der Waals surface area contributed by atoms with Gasteiger partial charge in [-0.1, -0.05) is 24.3 Å². The minimum Gasteiger partial charge on any atom is -0.507 e. The number of aromatic hydroxyl groups is 1. The van der Waals surface area contributed by atoms with Gasteiger partial charge in [-0.05, 0) is 48.9 Å². The van der Waals surface area contributed by atoms with Gasteiger partial charge in [-0.2, -0.15) is 0 Å². The minimum absolute atomic E-state index is 0.101. The normalized spacial score (nSPS) is 18.0. The van der Waals surface area contributed by atoms with Gasteiger partial charge >= 0.3 is 0 Å². The van der Waals surface area contributed by atoms with Crippen LogP contribution in [0.15, 0.2) is 66.7 Å². The summed E-state index contributed by atoms with van der Waals surface area (Å²) in [6, 6.07) is 18.6. The summed E-state index contributed by atoms with van der Waals surface area (Å²) in [5, 5.41) is 10.6. The van der Waals surface area contributed by atoms with Crippen molar-refractivity contribution in [2.45, 2.75) is 25.7 Å². The van der Waals surface area contributed by atoms with Crippen LogP contribution in [0.1, 0.15) is 24.1 Å². The molecule has 3 aromatic carbocycles. The van der Waals surface area contributed by atoms with Crippen LogP contribution in [0.5, 0.6) is 23.0 Å². The van der Waals surface area contributed by atoms with Gasteiger partial charge in [0.05, 0.1) is 12.6 Å². The van der Waals surface area contributed by atoms with Gasteiger partial charge in [0, 0.05) is 18.2 Å². The molecule has 0 aromatic heterocycles. The van der Waals surface area contributed by atoms with E-state index in [1.807, 2.05) is 37.3 Å². The van der Waals surface area contributed by atoms with Gasteiger partial charge in [0.15, 0.2) is 11.5 Å². The molecule has 6 nitrogen and oxygen atoms in total. The molecule has 1 saturated heterocycles. The van der Waals surface area contributed by atoms with Crippen molar-refractivity contribution < 1.29 is 23.7 Å². The standard InChI is InChI=1S/C24H25FN2O4/c1-2-29-21-5-3-4-6-22(21)31-23-14-26-27-24(23)19-12-11-18(13-20(19)28)30-15-16-7-9-17(25)10-8-16/h3-13,23-24,26-28H,2,14-15H2,1H3. The number of hydrazine groups is 1. The van der Waals surface area contributed by atoms with Crippen LogP contribution in [0.25, 0.3) is 0 Å². The van der Waals surface area contributed by atoms with E-state index in [-0.39, 0.29) is 30.3 Å². The molecule has 1 heterocycles. The van der Waals surface area contributed by atoms with E-state index in [1.54, 1.807) is 24.3 Å². The quantitative estimate of drug-likeness (QED) is 0.506. The number of halogens is 1. The van der Waals surface area contributed by atoms with E-state index in [9.17, 15) is 9.50 Å². The summed E-state index contributed by atoms with van der Waals surface area (Å²) in [5.74, 6) is 1.68. The highest BCUT2D eigenvalue weighted by molar-refractivity contribution is 5.43. The molecule has 3 aromatic rings. The third-order valence-electron chi connectivity index (χ3n) is 5.02. The Balaban J connectivity index is 1.45.